The normalized spacial score (nSPS) is 19.0. The van der Waals surface area contributed by atoms with Gasteiger partial charge in [-0.15, -0.1) is 0 Å². The first-order valence-electron chi connectivity index (χ1n) is 12.6. The summed E-state index contributed by atoms with van der Waals surface area (Å²) in [5.74, 6) is 0.387. The van der Waals surface area contributed by atoms with Gasteiger partial charge in [-0.05, 0) is 49.6 Å². The Kier molecular flexibility index (Phi) is 6.29. The van der Waals surface area contributed by atoms with E-state index in [0.717, 1.165) is 46.8 Å². The van der Waals surface area contributed by atoms with Crippen LogP contribution in [0.4, 0.5) is 17.1 Å². The Bertz CT molecular complexity index is 1280. The Labute approximate surface area is 214 Å². The van der Waals surface area contributed by atoms with Crippen molar-refractivity contribution in [1.82, 2.24) is 0 Å². The third-order valence-corrected chi connectivity index (χ3v) is 7.42. The summed E-state index contributed by atoms with van der Waals surface area (Å²) >= 11 is 0. The second-order valence-electron chi connectivity index (χ2n) is 10.0. The van der Waals surface area contributed by atoms with E-state index in [1.807, 2.05) is 52.5 Å². The quantitative estimate of drug-likeness (QED) is 0.443. The van der Waals surface area contributed by atoms with Crippen molar-refractivity contribution in [3.63, 3.8) is 0 Å². The number of methoxy groups -OCH3 is 1. The van der Waals surface area contributed by atoms with E-state index in [4.69, 9.17) is 9.47 Å². The number of piperidine rings is 1. The minimum absolute atomic E-state index is 0.325. The van der Waals surface area contributed by atoms with Gasteiger partial charge in [0.25, 0.3) is 0 Å². The van der Waals surface area contributed by atoms with Crippen LogP contribution >= 0.6 is 0 Å². The summed E-state index contributed by atoms with van der Waals surface area (Å²) in [7, 11) is 9.78. The van der Waals surface area contributed by atoms with Crippen LogP contribution in [-0.2, 0) is 10.3 Å². The van der Waals surface area contributed by atoms with Gasteiger partial charge >= 0.3 is 5.97 Å². The Morgan fingerprint density at radius 3 is 2.25 bits per heavy atom. The molecule has 1 fully saturated rings. The number of fused-ring (bicyclic) bond motifs is 1. The molecule has 1 saturated heterocycles. The van der Waals surface area contributed by atoms with Gasteiger partial charge in [-0.25, -0.2) is 4.79 Å². The highest BCUT2D eigenvalue weighted by Crippen LogP contribution is 2.53. The van der Waals surface area contributed by atoms with Gasteiger partial charge < -0.3 is 24.2 Å². The van der Waals surface area contributed by atoms with Crippen LogP contribution in [0.15, 0.2) is 60.7 Å². The maximum atomic E-state index is 13.3. The molecule has 2 heterocycles. The molecule has 36 heavy (non-hydrogen) atoms. The second-order valence-corrected chi connectivity index (χ2v) is 10.0. The van der Waals surface area contributed by atoms with Crippen molar-refractivity contribution >= 4 is 23.0 Å². The maximum absolute atomic E-state index is 13.3. The van der Waals surface area contributed by atoms with Gasteiger partial charge in [-0.2, -0.15) is 0 Å². The lowest BCUT2D eigenvalue weighted by Crippen LogP contribution is -2.33. The molecule has 2 aliphatic rings. The molecular formula is C30H35N3O3. The summed E-state index contributed by atoms with van der Waals surface area (Å²) in [6, 6.07) is 20.3. The van der Waals surface area contributed by atoms with Crippen molar-refractivity contribution in [2.75, 3.05) is 63.1 Å². The Balaban J connectivity index is 1.78. The van der Waals surface area contributed by atoms with E-state index in [1.54, 1.807) is 7.11 Å². The minimum atomic E-state index is -1.14. The van der Waals surface area contributed by atoms with Crippen LogP contribution in [0.2, 0.25) is 0 Å². The van der Waals surface area contributed by atoms with Crippen LogP contribution in [0.5, 0.6) is 5.75 Å². The van der Waals surface area contributed by atoms with Gasteiger partial charge in [0, 0.05) is 81.1 Å². The number of carbonyl (C=O) groups is 1. The zero-order valence-electron chi connectivity index (χ0n) is 21.9. The Morgan fingerprint density at radius 1 is 0.833 bits per heavy atom. The van der Waals surface area contributed by atoms with Gasteiger partial charge in [0.15, 0.2) is 5.60 Å². The van der Waals surface area contributed by atoms with E-state index in [-0.39, 0.29) is 5.97 Å². The SMILES string of the molecule is COc1cc(N2CCCCC2)ccc1C1(c2ccc(N(C)C)cc2N(C)C)OC(=O)c2ccccc21. The molecule has 6 nitrogen and oxygen atoms in total. The van der Waals surface area contributed by atoms with E-state index in [9.17, 15) is 4.79 Å². The zero-order chi connectivity index (χ0) is 25.4. The molecule has 2 aliphatic heterocycles. The van der Waals surface area contributed by atoms with E-state index in [2.05, 4.69) is 51.1 Å². The third-order valence-electron chi connectivity index (χ3n) is 7.42. The van der Waals surface area contributed by atoms with Crippen LogP contribution in [0, 0.1) is 0 Å². The average molecular weight is 486 g/mol. The molecule has 0 amide bonds. The molecule has 0 radical (unpaired) electrons. The summed E-state index contributed by atoms with van der Waals surface area (Å²) in [5.41, 5.74) is 5.20. The Hall–Kier alpha value is -3.67. The molecule has 3 aromatic carbocycles. The molecule has 1 atom stereocenters. The fourth-order valence-corrected chi connectivity index (χ4v) is 5.55. The van der Waals surface area contributed by atoms with Gasteiger partial charge in [0.1, 0.15) is 5.75 Å². The smallest absolute Gasteiger partial charge is 0.340 e. The van der Waals surface area contributed by atoms with Crippen LogP contribution in [0.3, 0.4) is 0 Å². The topological polar surface area (TPSA) is 45.2 Å². The number of esters is 1. The summed E-state index contributed by atoms with van der Waals surface area (Å²) in [6.07, 6.45) is 3.67. The molecule has 188 valence electrons. The molecule has 6 heteroatoms. The molecule has 1 unspecified atom stereocenters. The number of benzene rings is 3. The first kappa shape index (κ1) is 24.0. The van der Waals surface area contributed by atoms with Crippen molar-refractivity contribution in [1.29, 1.82) is 0 Å². The zero-order valence-corrected chi connectivity index (χ0v) is 21.9. The number of ether oxygens (including phenoxy) is 2. The summed E-state index contributed by atoms with van der Waals surface area (Å²) < 4.78 is 12.4. The standard InChI is InChI=1S/C30H35N3O3/c1-31(2)21-13-15-25(27(19-21)32(3)4)30(24-12-8-7-11-23(24)29(34)36-30)26-16-14-22(20-28(26)35-5)33-17-9-6-10-18-33/h7-8,11-16,19-20H,6,9-10,17-18H2,1-5H3. The average Bonchev–Trinajstić information content (AvgIpc) is 3.21. The molecule has 0 aromatic heterocycles. The molecule has 3 aromatic rings. The Morgan fingerprint density at radius 2 is 1.56 bits per heavy atom. The molecular weight excluding hydrogens is 450 g/mol. The first-order chi connectivity index (χ1) is 17.4. The van der Waals surface area contributed by atoms with Crippen LogP contribution in [0.25, 0.3) is 0 Å². The summed E-state index contributed by atoms with van der Waals surface area (Å²) in [5, 5.41) is 0. The van der Waals surface area contributed by atoms with Gasteiger partial charge in [0.05, 0.1) is 12.7 Å². The second kappa shape index (κ2) is 9.41. The summed E-state index contributed by atoms with van der Waals surface area (Å²) in [6.45, 7) is 2.09. The number of hydrogen-bond donors (Lipinski definition) is 0. The number of carbonyl (C=O) groups excluding carboxylic acids is 1. The van der Waals surface area contributed by atoms with Gasteiger partial charge in [-0.3, -0.25) is 0 Å². The van der Waals surface area contributed by atoms with Crippen LogP contribution in [0.1, 0.15) is 46.3 Å². The van der Waals surface area contributed by atoms with Crippen LogP contribution < -0.4 is 19.4 Å². The molecule has 0 spiro atoms. The molecule has 0 bridgehead atoms. The van der Waals surface area contributed by atoms with Crippen molar-refractivity contribution < 1.29 is 14.3 Å². The molecule has 5 rings (SSSR count). The lowest BCUT2D eigenvalue weighted by atomic mass is 9.78. The number of nitrogens with zero attached hydrogens (tertiary/aromatic N) is 3. The van der Waals surface area contributed by atoms with Crippen molar-refractivity contribution in [2.24, 2.45) is 0 Å². The highest BCUT2D eigenvalue weighted by molar-refractivity contribution is 5.97. The summed E-state index contributed by atoms with van der Waals surface area (Å²) in [4.78, 5) is 19.9. The third kappa shape index (κ3) is 3.85. The highest BCUT2D eigenvalue weighted by atomic mass is 16.6. The monoisotopic (exact) mass is 485 g/mol. The number of cyclic esters (lactones) is 1. The largest absolute Gasteiger partial charge is 0.496 e. The predicted octanol–water partition coefficient (Wildman–Crippen LogP) is 5.28. The molecule has 0 aliphatic carbocycles. The van der Waals surface area contributed by atoms with Gasteiger partial charge in [0.2, 0.25) is 0 Å². The van der Waals surface area contributed by atoms with Crippen molar-refractivity contribution in [3.8, 4) is 5.75 Å². The predicted molar refractivity (Wildman–Crippen MR) is 146 cm³/mol. The number of rotatable bonds is 6. The van der Waals surface area contributed by atoms with Crippen LogP contribution in [-0.4, -0.2) is 54.4 Å². The molecule has 0 saturated carbocycles. The minimum Gasteiger partial charge on any atom is -0.496 e. The first-order valence-corrected chi connectivity index (χ1v) is 12.6. The van der Waals surface area contributed by atoms with Crippen molar-refractivity contribution in [2.45, 2.75) is 24.9 Å². The van der Waals surface area contributed by atoms with Crippen molar-refractivity contribution in [3.05, 3.63) is 82.9 Å². The lowest BCUT2D eigenvalue weighted by Gasteiger charge is -2.36. The van der Waals surface area contributed by atoms with Gasteiger partial charge in [-0.1, -0.05) is 24.3 Å². The van der Waals surface area contributed by atoms with E-state index in [0.29, 0.717) is 11.3 Å². The fraction of sp³-hybridized carbons (Fsp3) is 0.367. The van der Waals surface area contributed by atoms with E-state index in [1.165, 1.54) is 19.3 Å². The number of anilines is 3. The lowest BCUT2D eigenvalue weighted by molar-refractivity contribution is 0.0247. The molecule has 0 N–H and O–H groups in total. The van der Waals surface area contributed by atoms with E-state index < -0.39 is 5.60 Å². The highest BCUT2D eigenvalue weighted by Gasteiger charge is 2.51. The number of hydrogen-bond acceptors (Lipinski definition) is 6. The fourth-order valence-electron chi connectivity index (χ4n) is 5.55. The van der Waals surface area contributed by atoms with E-state index >= 15 is 0 Å². The maximum Gasteiger partial charge on any atom is 0.340 e.